The van der Waals surface area contributed by atoms with Crippen LogP contribution in [0.3, 0.4) is 0 Å². The highest BCUT2D eigenvalue weighted by Crippen LogP contribution is 2.24. The van der Waals surface area contributed by atoms with Crippen molar-refractivity contribution in [1.82, 2.24) is 0 Å². The molecule has 19 heavy (non-hydrogen) atoms. The molecule has 1 heterocycles. The third-order valence-corrected chi connectivity index (χ3v) is 2.41. The molecule has 0 atom stereocenters. The van der Waals surface area contributed by atoms with E-state index in [0.717, 1.165) is 0 Å². The Morgan fingerprint density at radius 2 is 2.16 bits per heavy atom. The summed E-state index contributed by atoms with van der Waals surface area (Å²) in [5, 5.41) is 2.73. The van der Waals surface area contributed by atoms with Crippen molar-refractivity contribution in [3.63, 3.8) is 0 Å². The Labute approximate surface area is 115 Å². The van der Waals surface area contributed by atoms with Crippen molar-refractivity contribution in [3.8, 4) is 5.75 Å². The lowest BCUT2D eigenvalue weighted by atomic mass is 10.2. The van der Waals surface area contributed by atoms with Crippen LogP contribution in [0.2, 0.25) is 0 Å². The Morgan fingerprint density at radius 3 is 2.84 bits per heavy atom. The van der Waals surface area contributed by atoms with Crippen molar-refractivity contribution >= 4 is 28.8 Å². The number of furan rings is 1. The molecule has 5 nitrogen and oxygen atoms in total. The average Bonchev–Trinajstić information content (AvgIpc) is 2.91. The maximum atomic E-state index is 11.9. The van der Waals surface area contributed by atoms with Gasteiger partial charge >= 0.3 is 0 Å². The molecule has 0 unspecified atom stereocenters. The summed E-state index contributed by atoms with van der Waals surface area (Å²) in [7, 11) is 0. The molecule has 0 saturated heterocycles. The van der Waals surface area contributed by atoms with Gasteiger partial charge in [0, 0.05) is 0 Å². The second-order valence-corrected chi connectivity index (χ2v) is 4.24. The monoisotopic (exact) mass is 276 g/mol. The molecule has 98 valence electrons. The predicted octanol–water partition coefficient (Wildman–Crippen LogP) is 2.20. The quantitative estimate of drug-likeness (QED) is 0.819. The number of amides is 1. The summed E-state index contributed by atoms with van der Waals surface area (Å²) in [4.78, 5) is 12.1. The molecule has 2 rings (SSSR count). The molecule has 2 aromatic rings. The minimum Gasteiger partial charge on any atom is -0.484 e. The van der Waals surface area contributed by atoms with Gasteiger partial charge in [0.15, 0.2) is 0 Å². The lowest BCUT2D eigenvalue weighted by Crippen LogP contribution is -2.19. The molecule has 1 aromatic heterocycles. The Balaban J connectivity index is 2.11. The molecular formula is C13H12N2O3S. The van der Waals surface area contributed by atoms with E-state index >= 15 is 0 Å². The van der Waals surface area contributed by atoms with Gasteiger partial charge in [-0.3, -0.25) is 4.79 Å². The van der Waals surface area contributed by atoms with E-state index in [1.54, 1.807) is 30.3 Å². The van der Waals surface area contributed by atoms with Gasteiger partial charge in [-0.05, 0) is 18.2 Å². The highest BCUT2D eigenvalue weighted by atomic mass is 32.1. The number of carbonyl (C=O) groups excluding carboxylic acids is 1. The van der Waals surface area contributed by atoms with Crippen LogP contribution in [0.5, 0.6) is 5.75 Å². The summed E-state index contributed by atoms with van der Waals surface area (Å²) in [6.07, 6.45) is 2.80. The summed E-state index contributed by atoms with van der Waals surface area (Å²) < 4.78 is 10.3. The van der Waals surface area contributed by atoms with Crippen molar-refractivity contribution in [2.24, 2.45) is 5.73 Å². The van der Waals surface area contributed by atoms with Crippen LogP contribution in [0, 0.1) is 0 Å². The van der Waals surface area contributed by atoms with E-state index in [2.05, 4.69) is 5.32 Å². The van der Waals surface area contributed by atoms with E-state index < -0.39 is 0 Å². The molecule has 0 aliphatic rings. The van der Waals surface area contributed by atoms with Crippen LogP contribution in [-0.2, 0) is 0 Å². The highest BCUT2D eigenvalue weighted by molar-refractivity contribution is 7.80. The molecule has 1 amide bonds. The Bertz CT molecular complexity index is 581. The van der Waals surface area contributed by atoms with Crippen LogP contribution < -0.4 is 15.8 Å². The van der Waals surface area contributed by atoms with Gasteiger partial charge in [-0.1, -0.05) is 24.4 Å². The molecule has 0 aliphatic heterocycles. The van der Waals surface area contributed by atoms with Crippen LogP contribution in [0.15, 0.2) is 47.3 Å². The molecule has 0 bridgehead atoms. The van der Waals surface area contributed by atoms with Crippen LogP contribution in [-0.4, -0.2) is 17.5 Å². The number of thiocarbonyl (C=S) groups is 1. The first-order chi connectivity index (χ1) is 9.16. The number of carbonyl (C=O) groups is 1. The normalized spacial score (nSPS) is 9.89. The molecule has 0 aliphatic carbocycles. The second kappa shape index (κ2) is 6.01. The van der Waals surface area contributed by atoms with E-state index in [9.17, 15) is 4.79 Å². The summed E-state index contributed by atoms with van der Waals surface area (Å²) >= 11 is 4.74. The van der Waals surface area contributed by atoms with Crippen LogP contribution >= 0.6 is 12.2 Å². The SMILES string of the molecule is NC(=S)COc1ccccc1NC(=O)c1ccoc1. The molecule has 1 aromatic carbocycles. The number of nitrogens with two attached hydrogens (primary N) is 1. The number of ether oxygens (including phenoxy) is 1. The van der Waals surface area contributed by atoms with Gasteiger partial charge in [0.1, 0.15) is 23.6 Å². The Kier molecular flexibility index (Phi) is 4.15. The number of para-hydroxylation sites is 2. The molecule has 0 spiro atoms. The fourth-order valence-corrected chi connectivity index (χ4v) is 1.49. The summed E-state index contributed by atoms with van der Waals surface area (Å²) in [5.74, 6) is 0.229. The largest absolute Gasteiger partial charge is 0.484 e. The summed E-state index contributed by atoms with van der Waals surface area (Å²) in [6, 6.07) is 8.62. The van der Waals surface area contributed by atoms with Crippen molar-refractivity contribution in [2.75, 3.05) is 11.9 Å². The summed E-state index contributed by atoms with van der Waals surface area (Å²) in [6.45, 7) is 0.119. The molecule has 0 saturated carbocycles. The first-order valence-corrected chi connectivity index (χ1v) is 5.91. The Morgan fingerprint density at radius 1 is 1.37 bits per heavy atom. The van der Waals surface area contributed by atoms with Crippen LogP contribution in [0.4, 0.5) is 5.69 Å². The maximum Gasteiger partial charge on any atom is 0.259 e. The smallest absolute Gasteiger partial charge is 0.259 e. The minimum absolute atomic E-state index is 0.119. The van der Waals surface area contributed by atoms with Crippen molar-refractivity contribution in [3.05, 3.63) is 48.4 Å². The number of nitrogens with one attached hydrogen (secondary N) is 1. The molecule has 6 heteroatoms. The second-order valence-electron chi connectivity index (χ2n) is 3.72. The molecule has 0 radical (unpaired) electrons. The van der Waals surface area contributed by atoms with Crippen molar-refractivity contribution in [2.45, 2.75) is 0 Å². The summed E-state index contributed by atoms with van der Waals surface area (Å²) in [5.41, 5.74) is 6.36. The number of hydrogen-bond donors (Lipinski definition) is 2. The van der Waals surface area contributed by atoms with Crippen molar-refractivity contribution in [1.29, 1.82) is 0 Å². The van der Waals surface area contributed by atoms with Gasteiger partial charge in [0.05, 0.1) is 17.5 Å². The zero-order chi connectivity index (χ0) is 13.7. The highest BCUT2D eigenvalue weighted by Gasteiger charge is 2.10. The zero-order valence-electron chi connectivity index (χ0n) is 9.96. The molecule has 3 N–H and O–H groups in total. The fourth-order valence-electron chi connectivity index (χ4n) is 1.43. The number of benzene rings is 1. The van der Waals surface area contributed by atoms with E-state index in [1.165, 1.54) is 12.5 Å². The maximum absolute atomic E-state index is 11.9. The Hall–Kier alpha value is -2.34. The van der Waals surface area contributed by atoms with Gasteiger partial charge in [0.2, 0.25) is 0 Å². The van der Waals surface area contributed by atoms with E-state index in [-0.39, 0.29) is 17.5 Å². The fraction of sp³-hybridized carbons (Fsp3) is 0.0769. The van der Waals surface area contributed by atoms with Gasteiger partial charge in [-0.2, -0.15) is 0 Å². The number of hydrogen-bond acceptors (Lipinski definition) is 4. The lowest BCUT2D eigenvalue weighted by Gasteiger charge is -2.11. The third kappa shape index (κ3) is 3.56. The van der Waals surface area contributed by atoms with Crippen LogP contribution in [0.1, 0.15) is 10.4 Å². The van der Waals surface area contributed by atoms with E-state index in [0.29, 0.717) is 17.0 Å². The minimum atomic E-state index is -0.278. The topological polar surface area (TPSA) is 77.5 Å². The van der Waals surface area contributed by atoms with Gasteiger partial charge < -0.3 is 20.2 Å². The predicted molar refractivity (Wildman–Crippen MR) is 75.4 cm³/mol. The van der Waals surface area contributed by atoms with Gasteiger partial charge in [-0.25, -0.2) is 0 Å². The standard InChI is InChI=1S/C13H12N2O3S/c14-12(19)8-18-11-4-2-1-3-10(11)15-13(16)9-5-6-17-7-9/h1-7H,8H2,(H2,14,19)(H,15,16). The zero-order valence-corrected chi connectivity index (χ0v) is 10.8. The number of rotatable bonds is 5. The molecular weight excluding hydrogens is 264 g/mol. The van der Waals surface area contributed by atoms with E-state index in [4.69, 9.17) is 27.1 Å². The first kappa shape index (κ1) is 13.1. The van der Waals surface area contributed by atoms with E-state index in [1.807, 2.05) is 0 Å². The van der Waals surface area contributed by atoms with Crippen LogP contribution in [0.25, 0.3) is 0 Å². The van der Waals surface area contributed by atoms with Gasteiger partial charge in [0.25, 0.3) is 5.91 Å². The third-order valence-electron chi connectivity index (χ3n) is 2.29. The number of anilines is 1. The molecule has 0 fully saturated rings. The van der Waals surface area contributed by atoms with Crippen molar-refractivity contribution < 1.29 is 13.9 Å². The van der Waals surface area contributed by atoms with Gasteiger partial charge in [-0.15, -0.1) is 0 Å². The average molecular weight is 276 g/mol. The first-order valence-electron chi connectivity index (χ1n) is 5.50. The lowest BCUT2D eigenvalue weighted by molar-refractivity contribution is 0.102.